The van der Waals surface area contributed by atoms with Crippen molar-refractivity contribution < 1.29 is 0 Å². The van der Waals surface area contributed by atoms with E-state index in [1.54, 1.807) is 0 Å². The molecule has 0 amide bonds. The Morgan fingerprint density at radius 2 is 2.20 bits per heavy atom. The third kappa shape index (κ3) is 2.73. The van der Waals surface area contributed by atoms with Gasteiger partial charge in [-0.1, -0.05) is 26.2 Å². The van der Waals surface area contributed by atoms with E-state index < -0.39 is 0 Å². The van der Waals surface area contributed by atoms with Crippen LogP contribution in [0.2, 0.25) is 0 Å². The van der Waals surface area contributed by atoms with Crippen LogP contribution in [0.4, 0.5) is 0 Å². The van der Waals surface area contributed by atoms with Crippen LogP contribution in [0.25, 0.3) is 0 Å². The van der Waals surface area contributed by atoms with Gasteiger partial charge in [-0.05, 0) is 49.9 Å². The van der Waals surface area contributed by atoms with E-state index in [0.29, 0.717) is 6.04 Å². The first-order valence-electron chi connectivity index (χ1n) is 6.79. The van der Waals surface area contributed by atoms with Crippen LogP contribution in [0, 0.1) is 17.8 Å². The lowest BCUT2D eigenvalue weighted by Crippen LogP contribution is -2.37. The van der Waals surface area contributed by atoms with Crippen LogP contribution >= 0.6 is 0 Å². The lowest BCUT2D eigenvalue weighted by atomic mass is 9.83. The SMILES string of the molecule is CCCCC(CC1CC2CCC1C2)NN. The minimum absolute atomic E-state index is 0.578. The number of fused-ring (bicyclic) bond motifs is 2. The summed E-state index contributed by atoms with van der Waals surface area (Å²) in [5, 5.41) is 0. The molecule has 2 rings (SSSR count). The van der Waals surface area contributed by atoms with E-state index >= 15 is 0 Å². The summed E-state index contributed by atoms with van der Waals surface area (Å²) in [7, 11) is 0. The van der Waals surface area contributed by atoms with Gasteiger partial charge >= 0.3 is 0 Å². The summed E-state index contributed by atoms with van der Waals surface area (Å²) in [6, 6.07) is 0.578. The summed E-state index contributed by atoms with van der Waals surface area (Å²) < 4.78 is 0. The molecule has 88 valence electrons. The molecule has 0 heterocycles. The van der Waals surface area contributed by atoms with Crippen LogP contribution in [0.1, 0.15) is 58.3 Å². The molecule has 4 unspecified atom stereocenters. The fourth-order valence-electron chi connectivity index (χ4n) is 3.75. The van der Waals surface area contributed by atoms with Crippen LogP contribution in [-0.4, -0.2) is 6.04 Å². The van der Waals surface area contributed by atoms with Gasteiger partial charge in [0.15, 0.2) is 0 Å². The number of rotatable bonds is 6. The zero-order chi connectivity index (χ0) is 10.7. The Labute approximate surface area is 94.0 Å². The highest BCUT2D eigenvalue weighted by Crippen LogP contribution is 2.49. The standard InChI is InChI=1S/C13H26N2/c1-2-3-4-13(15-14)9-12-8-10-5-6-11(12)7-10/h10-13,15H,2-9,14H2,1H3. The van der Waals surface area contributed by atoms with Crippen LogP contribution in [0.3, 0.4) is 0 Å². The molecule has 2 heteroatoms. The predicted molar refractivity (Wildman–Crippen MR) is 64.2 cm³/mol. The Kier molecular flexibility index (Phi) is 4.04. The summed E-state index contributed by atoms with van der Waals surface area (Å²) in [6.07, 6.45) is 11.2. The number of hydrogen-bond donors (Lipinski definition) is 2. The Balaban J connectivity index is 1.74. The first-order valence-corrected chi connectivity index (χ1v) is 6.79. The largest absolute Gasteiger partial charge is 0.271 e. The fourth-order valence-corrected chi connectivity index (χ4v) is 3.75. The molecular weight excluding hydrogens is 184 g/mol. The maximum atomic E-state index is 5.64. The summed E-state index contributed by atoms with van der Waals surface area (Å²) in [5.41, 5.74) is 3.02. The van der Waals surface area contributed by atoms with Crippen molar-refractivity contribution in [2.75, 3.05) is 0 Å². The van der Waals surface area contributed by atoms with E-state index in [0.717, 1.165) is 17.8 Å². The summed E-state index contributed by atoms with van der Waals surface area (Å²) >= 11 is 0. The van der Waals surface area contributed by atoms with Gasteiger partial charge in [-0.15, -0.1) is 0 Å². The highest BCUT2D eigenvalue weighted by molar-refractivity contribution is 4.91. The molecule has 0 aromatic carbocycles. The normalized spacial score (nSPS) is 36.0. The highest BCUT2D eigenvalue weighted by Gasteiger charge is 2.39. The lowest BCUT2D eigenvalue weighted by Gasteiger charge is -2.26. The molecule has 0 aromatic heterocycles. The van der Waals surface area contributed by atoms with Gasteiger partial charge in [0.25, 0.3) is 0 Å². The molecule has 2 saturated carbocycles. The molecule has 2 aliphatic rings. The first kappa shape index (κ1) is 11.4. The van der Waals surface area contributed by atoms with Crippen molar-refractivity contribution in [2.24, 2.45) is 23.6 Å². The van der Waals surface area contributed by atoms with Crippen molar-refractivity contribution in [1.82, 2.24) is 5.43 Å². The molecule has 2 bridgehead atoms. The van der Waals surface area contributed by atoms with Gasteiger partial charge in [-0.25, -0.2) is 0 Å². The second-order valence-electron chi connectivity index (χ2n) is 5.68. The van der Waals surface area contributed by atoms with Gasteiger partial charge < -0.3 is 0 Å². The quantitative estimate of drug-likeness (QED) is 0.522. The van der Waals surface area contributed by atoms with Crippen molar-refractivity contribution >= 4 is 0 Å². The van der Waals surface area contributed by atoms with E-state index in [1.807, 2.05) is 0 Å². The van der Waals surface area contributed by atoms with Gasteiger partial charge in [0.1, 0.15) is 0 Å². The summed E-state index contributed by atoms with van der Waals surface area (Å²) in [5.74, 6) is 8.75. The average Bonchev–Trinajstić information content (AvgIpc) is 2.85. The molecule has 0 aliphatic heterocycles. The van der Waals surface area contributed by atoms with Gasteiger partial charge in [-0.3, -0.25) is 11.3 Å². The Bertz CT molecular complexity index is 193. The number of nitrogens with two attached hydrogens (primary N) is 1. The second kappa shape index (κ2) is 5.31. The van der Waals surface area contributed by atoms with Crippen LogP contribution in [0.15, 0.2) is 0 Å². The van der Waals surface area contributed by atoms with Crippen LogP contribution < -0.4 is 11.3 Å². The van der Waals surface area contributed by atoms with Crippen molar-refractivity contribution in [1.29, 1.82) is 0 Å². The zero-order valence-corrected chi connectivity index (χ0v) is 10.0. The molecule has 0 aromatic rings. The third-order valence-electron chi connectivity index (χ3n) is 4.61. The average molecular weight is 210 g/mol. The minimum Gasteiger partial charge on any atom is -0.271 e. The van der Waals surface area contributed by atoms with Crippen molar-refractivity contribution in [3.05, 3.63) is 0 Å². The van der Waals surface area contributed by atoms with E-state index in [2.05, 4.69) is 12.3 Å². The highest BCUT2D eigenvalue weighted by atomic mass is 15.2. The molecule has 2 fully saturated rings. The monoisotopic (exact) mass is 210 g/mol. The van der Waals surface area contributed by atoms with Crippen molar-refractivity contribution in [3.63, 3.8) is 0 Å². The van der Waals surface area contributed by atoms with E-state index in [4.69, 9.17) is 5.84 Å². The van der Waals surface area contributed by atoms with Crippen LogP contribution in [-0.2, 0) is 0 Å². The number of hydrazine groups is 1. The summed E-state index contributed by atoms with van der Waals surface area (Å²) in [4.78, 5) is 0. The van der Waals surface area contributed by atoms with E-state index in [1.165, 1.54) is 51.4 Å². The van der Waals surface area contributed by atoms with Gasteiger partial charge in [0.2, 0.25) is 0 Å². The molecule has 15 heavy (non-hydrogen) atoms. The Morgan fingerprint density at radius 3 is 2.73 bits per heavy atom. The topological polar surface area (TPSA) is 38.0 Å². The molecule has 0 radical (unpaired) electrons. The maximum absolute atomic E-state index is 5.64. The zero-order valence-electron chi connectivity index (χ0n) is 10.0. The van der Waals surface area contributed by atoms with E-state index in [9.17, 15) is 0 Å². The van der Waals surface area contributed by atoms with Crippen molar-refractivity contribution in [2.45, 2.75) is 64.3 Å². The number of nitrogens with one attached hydrogen (secondary N) is 1. The minimum atomic E-state index is 0.578. The van der Waals surface area contributed by atoms with Gasteiger partial charge in [0, 0.05) is 6.04 Å². The fraction of sp³-hybridized carbons (Fsp3) is 1.00. The van der Waals surface area contributed by atoms with Crippen LogP contribution in [0.5, 0.6) is 0 Å². The smallest absolute Gasteiger partial charge is 0.0213 e. The molecular formula is C13H26N2. The van der Waals surface area contributed by atoms with Crippen molar-refractivity contribution in [3.8, 4) is 0 Å². The number of hydrogen-bond acceptors (Lipinski definition) is 2. The summed E-state index contributed by atoms with van der Waals surface area (Å²) in [6.45, 7) is 2.26. The molecule has 4 atom stereocenters. The second-order valence-corrected chi connectivity index (χ2v) is 5.68. The predicted octanol–water partition coefficient (Wildman–Crippen LogP) is 2.83. The molecule has 2 aliphatic carbocycles. The molecule has 0 spiro atoms. The first-order chi connectivity index (χ1) is 7.33. The van der Waals surface area contributed by atoms with Gasteiger partial charge in [0.05, 0.1) is 0 Å². The van der Waals surface area contributed by atoms with E-state index in [-0.39, 0.29) is 0 Å². The molecule has 3 N–H and O–H groups in total. The molecule has 2 nitrogen and oxygen atoms in total. The van der Waals surface area contributed by atoms with Gasteiger partial charge in [-0.2, -0.15) is 0 Å². The Hall–Kier alpha value is -0.0800. The maximum Gasteiger partial charge on any atom is 0.0213 e. The lowest BCUT2D eigenvalue weighted by molar-refractivity contribution is 0.270. The number of unbranched alkanes of at least 4 members (excludes halogenated alkanes) is 1. The molecule has 0 saturated heterocycles. The third-order valence-corrected chi connectivity index (χ3v) is 4.61. The Morgan fingerprint density at radius 1 is 1.33 bits per heavy atom.